The molecule has 9 nitrogen and oxygen atoms in total. The summed E-state index contributed by atoms with van der Waals surface area (Å²) < 4.78 is 54.4. The van der Waals surface area contributed by atoms with Crippen LogP contribution in [0.25, 0.3) is 16.9 Å². The summed E-state index contributed by atoms with van der Waals surface area (Å²) >= 11 is 0. The number of alkyl halides is 3. The Kier molecular flexibility index (Phi) is 7.35. The first-order valence-corrected chi connectivity index (χ1v) is 12.9. The van der Waals surface area contributed by atoms with Crippen LogP contribution in [0.5, 0.6) is 11.5 Å². The summed E-state index contributed by atoms with van der Waals surface area (Å²) in [5.74, 6) is 0.951. The number of nitrogens with one attached hydrogen (secondary N) is 2. The van der Waals surface area contributed by atoms with Crippen molar-refractivity contribution in [3.8, 4) is 28.4 Å². The number of ether oxygens (including phenoxy) is 2. The Balaban J connectivity index is 1.65. The zero-order valence-corrected chi connectivity index (χ0v) is 22.4. The number of amides is 1. The Labute approximate surface area is 228 Å². The molecule has 2 aliphatic heterocycles. The number of hydrogen-bond acceptors (Lipinski definition) is 7. The van der Waals surface area contributed by atoms with Crippen molar-refractivity contribution < 1.29 is 27.4 Å². The van der Waals surface area contributed by atoms with E-state index in [9.17, 15) is 22.8 Å². The van der Waals surface area contributed by atoms with Gasteiger partial charge in [0.05, 0.1) is 31.2 Å². The van der Waals surface area contributed by atoms with E-state index < -0.39 is 17.3 Å². The monoisotopic (exact) mass is 557 g/mol. The minimum atomic E-state index is -4.73. The smallest absolute Gasteiger partial charge is 0.418 e. The second-order valence-corrected chi connectivity index (χ2v) is 9.87. The van der Waals surface area contributed by atoms with E-state index >= 15 is 0 Å². The fourth-order valence-corrected chi connectivity index (χ4v) is 5.37. The van der Waals surface area contributed by atoms with Gasteiger partial charge in [0.2, 0.25) is 5.91 Å². The van der Waals surface area contributed by atoms with Crippen molar-refractivity contribution in [1.29, 1.82) is 0 Å². The van der Waals surface area contributed by atoms with E-state index in [4.69, 9.17) is 9.47 Å². The molecular weight excluding hydrogens is 527 g/mol. The number of methoxy groups -OCH3 is 2. The number of hydrogen-bond donors (Lipinski definition) is 2. The molecule has 2 aromatic carbocycles. The number of carbonyl (C=O) groups excluding carboxylic acids is 1. The van der Waals surface area contributed by atoms with Crippen LogP contribution in [-0.2, 0) is 17.4 Å². The third-order valence-electron chi connectivity index (χ3n) is 7.41. The number of nitrogens with zero attached hydrogens (tertiary/aromatic N) is 3. The average molecular weight is 558 g/mol. The molecule has 0 saturated carbocycles. The topological polar surface area (TPSA) is 97.7 Å². The van der Waals surface area contributed by atoms with Crippen LogP contribution in [0.3, 0.4) is 0 Å². The molecule has 1 saturated heterocycles. The molecule has 3 heterocycles. The van der Waals surface area contributed by atoms with Gasteiger partial charge in [0.1, 0.15) is 17.2 Å². The number of benzene rings is 2. The Morgan fingerprint density at radius 2 is 1.88 bits per heavy atom. The first-order chi connectivity index (χ1) is 19.1. The number of rotatable bonds is 7. The van der Waals surface area contributed by atoms with Crippen molar-refractivity contribution in [3.63, 3.8) is 0 Å². The SMILES string of the molecule is CNC(=O)C[C@@H]1CCN(c2ccc(C(F)(F)F)c(-n3nc(-c4cc(OC)cc(OC)c4)c4c(c3=O)NCC4)c2)C1. The van der Waals surface area contributed by atoms with Crippen LogP contribution in [0.4, 0.5) is 24.5 Å². The van der Waals surface area contributed by atoms with Gasteiger partial charge >= 0.3 is 6.18 Å². The summed E-state index contributed by atoms with van der Waals surface area (Å²) in [5, 5.41) is 10.2. The zero-order chi connectivity index (χ0) is 28.6. The standard InChI is InChI=1S/C28H30F3N5O4/c1-32-24(37)10-16-7-9-35(15-16)18-4-5-22(28(29,30)31)23(13-18)36-27(38)26-21(6-8-33-26)25(34-36)17-11-19(39-2)14-20(12-17)40-3/h4-5,11-14,16,33H,6-10,15H2,1-3H3,(H,32,37)/t16-/m0/s1. The van der Waals surface area contributed by atoms with E-state index in [2.05, 4.69) is 15.7 Å². The van der Waals surface area contributed by atoms with E-state index in [0.29, 0.717) is 66.5 Å². The van der Waals surface area contributed by atoms with Gasteiger partial charge in [-0.1, -0.05) is 0 Å². The van der Waals surface area contributed by atoms with E-state index in [1.54, 1.807) is 25.2 Å². The van der Waals surface area contributed by atoms with Crippen LogP contribution < -0.4 is 30.6 Å². The molecular formula is C28H30F3N5O4. The first kappa shape index (κ1) is 27.4. The van der Waals surface area contributed by atoms with Gasteiger partial charge in [-0.25, -0.2) is 0 Å². The van der Waals surface area contributed by atoms with Crippen molar-refractivity contribution in [1.82, 2.24) is 15.1 Å². The molecule has 1 fully saturated rings. The van der Waals surface area contributed by atoms with Crippen molar-refractivity contribution in [2.24, 2.45) is 5.92 Å². The largest absolute Gasteiger partial charge is 0.497 e. The second kappa shape index (κ2) is 10.7. The van der Waals surface area contributed by atoms with Gasteiger partial charge < -0.3 is 25.0 Å². The van der Waals surface area contributed by atoms with Crippen molar-refractivity contribution in [2.75, 3.05) is 51.1 Å². The Morgan fingerprint density at radius 3 is 2.52 bits per heavy atom. The zero-order valence-electron chi connectivity index (χ0n) is 22.4. The first-order valence-electron chi connectivity index (χ1n) is 12.9. The predicted octanol–water partition coefficient (Wildman–Crippen LogP) is 3.87. The predicted molar refractivity (Wildman–Crippen MR) is 145 cm³/mol. The second-order valence-electron chi connectivity index (χ2n) is 9.87. The van der Waals surface area contributed by atoms with Crippen LogP contribution in [0, 0.1) is 5.92 Å². The average Bonchev–Trinajstić information content (AvgIpc) is 3.62. The summed E-state index contributed by atoms with van der Waals surface area (Å²) in [6, 6.07) is 8.83. The molecule has 0 unspecified atom stereocenters. The molecule has 2 aliphatic rings. The molecule has 1 atom stereocenters. The van der Waals surface area contributed by atoms with Crippen LogP contribution in [0.15, 0.2) is 41.2 Å². The fraction of sp³-hybridized carbons (Fsp3) is 0.393. The number of halogens is 3. The molecule has 12 heteroatoms. The lowest BCUT2D eigenvalue weighted by Crippen LogP contribution is -2.28. The summed E-state index contributed by atoms with van der Waals surface area (Å²) in [5.41, 5.74) is 0.279. The fourth-order valence-electron chi connectivity index (χ4n) is 5.37. The lowest BCUT2D eigenvalue weighted by molar-refractivity contribution is -0.137. The molecule has 1 amide bonds. The van der Waals surface area contributed by atoms with Crippen LogP contribution in [-0.4, -0.2) is 56.6 Å². The van der Waals surface area contributed by atoms with E-state index in [-0.39, 0.29) is 23.2 Å². The van der Waals surface area contributed by atoms with Crippen LogP contribution in [0.1, 0.15) is 24.0 Å². The summed E-state index contributed by atoms with van der Waals surface area (Å²) in [7, 11) is 4.57. The molecule has 212 valence electrons. The summed E-state index contributed by atoms with van der Waals surface area (Å²) in [6.45, 7) is 1.55. The highest BCUT2D eigenvalue weighted by Gasteiger charge is 2.36. The van der Waals surface area contributed by atoms with Gasteiger partial charge in [-0.15, -0.1) is 0 Å². The third kappa shape index (κ3) is 5.17. The number of anilines is 2. The third-order valence-corrected chi connectivity index (χ3v) is 7.41. The lowest BCUT2D eigenvalue weighted by atomic mass is 10.0. The maximum atomic E-state index is 14.3. The maximum Gasteiger partial charge on any atom is 0.418 e. The number of carbonyl (C=O) groups is 1. The number of aromatic nitrogens is 2. The molecule has 1 aromatic heterocycles. The molecule has 40 heavy (non-hydrogen) atoms. The minimum absolute atomic E-state index is 0.0744. The molecule has 5 rings (SSSR count). The Hall–Kier alpha value is -4.22. The molecule has 2 N–H and O–H groups in total. The van der Waals surface area contributed by atoms with E-state index in [0.717, 1.165) is 17.2 Å². The van der Waals surface area contributed by atoms with Gasteiger partial charge in [-0.2, -0.15) is 23.0 Å². The molecule has 0 radical (unpaired) electrons. The summed E-state index contributed by atoms with van der Waals surface area (Å²) in [4.78, 5) is 27.3. The summed E-state index contributed by atoms with van der Waals surface area (Å²) in [6.07, 6.45) is -3.18. The van der Waals surface area contributed by atoms with Crippen molar-refractivity contribution in [2.45, 2.75) is 25.4 Å². The van der Waals surface area contributed by atoms with Gasteiger partial charge in [-0.05, 0) is 49.1 Å². The minimum Gasteiger partial charge on any atom is -0.497 e. The Morgan fingerprint density at radius 1 is 1.15 bits per heavy atom. The normalized spacial score (nSPS) is 16.4. The van der Waals surface area contributed by atoms with Crippen LogP contribution in [0.2, 0.25) is 0 Å². The molecule has 3 aromatic rings. The van der Waals surface area contributed by atoms with Gasteiger partial charge in [0, 0.05) is 56.0 Å². The maximum absolute atomic E-state index is 14.3. The lowest BCUT2D eigenvalue weighted by Gasteiger charge is -2.22. The van der Waals surface area contributed by atoms with Gasteiger partial charge in [-0.3, -0.25) is 9.59 Å². The highest BCUT2D eigenvalue weighted by molar-refractivity contribution is 5.76. The van der Waals surface area contributed by atoms with E-state index in [1.165, 1.54) is 26.4 Å². The number of fused-ring (bicyclic) bond motifs is 1. The highest BCUT2D eigenvalue weighted by atomic mass is 19.4. The van der Waals surface area contributed by atoms with Crippen LogP contribution >= 0.6 is 0 Å². The molecule has 0 spiro atoms. The van der Waals surface area contributed by atoms with Gasteiger partial charge in [0.25, 0.3) is 5.56 Å². The van der Waals surface area contributed by atoms with Crippen molar-refractivity contribution >= 4 is 17.3 Å². The quantitative estimate of drug-likeness (QED) is 0.455. The Bertz CT molecular complexity index is 1480. The highest BCUT2D eigenvalue weighted by Crippen LogP contribution is 2.39. The van der Waals surface area contributed by atoms with E-state index in [1.807, 2.05) is 4.90 Å². The molecule has 0 bridgehead atoms. The molecule has 0 aliphatic carbocycles. The van der Waals surface area contributed by atoms with Crippen molar-refractivity contribution in [3.05, 3.63) is 57.9 Å². The van der Waals surface area contributed by atoms with Gasteiger partial charge in [0.15, 0.2) is 0 Å².